The minimum atomic E-state index is -4.18. The van der Waals surface area contributed by atoms with E-state index in [-0.39, 0.29) is 12.0 Å². The van der Waals surface area contributed by atoms with Crippen LogP contribution in [-0.2, 0) is 13.1 Å². The molecule has 0 atom stereocenters. The Balaban J connectivity index is 1.24. The number of hydrogen-bond donors (Lipinski definition) is 0. The number of aryl methyl sites for hydroxylation is 1. The van der Waals surface area contributed by atoms with E-state index < -0.39 is 12.7 Å². The van der Waals surface area contributed by atoms with Gasteiger partial charge in [-0.25, -0.2) is 4.98 Å². The largest absolute Gasteiger partial charge is 0.401 e. The molecule has 0 saturated carbocycles. The second-order valence-electron chi connectivity index (χ2n) is 10.2. The van der Waals surface area contributed by atoms with Crippen molar-refractivity contribution < 1.29 is 13.2 Å². The highest BCUT2D eigenvalue weighted by atomic mass is 35.5. The number of nitrogens with zero attached hydrogens (tertiary/aromatic N) is 8. The van der Waals surface area contributed by atoms with Crippen molar-refractivity contribution in [2.75, 3.05) is 37.6 Å². The summed E-state index contributed by atoms with van der Waals surface area (Å²) in [5.41, 5.74) is 2.96. The Morgan fingerprint density at radius 2 is 1.78 bits per heavy atom. The van der Waals surface area contributed by atoms with Gasteiger partial charge in [-0.3, -0.25) is 19.4 Å². The van der Waals surface area contributed by atoms with E-state index in [0.29, 0.717) is 31.2 Å². The maximum absolute atomic E-state index is 12.8. The van der Waals surface area contributed by atoms with Crippen LogP contribution in [-0.4, -0.2) is 79.5 Å². The molecule has 12 heteroatoms. The molecular formula is C25H28ClF3N8. The third-order valence-corrected chi connectivity index (χ3v) is 7.86. The molecule has 6 rings (SSSR count). The molecule has 3 aromatic rings. The molecule has 3 aliphatic heterocycles. The van der Waals surface area contributed by atoms with Crippen LogP contribution in [0.4, 0.5) is 19.0 Å². The topological polar surface area (TPSA) is 66.2 Å². The molecule has 2 saturated heterocycles. The highest BCUT2D eigenvalue weighted by Gasteiger charge is 2.40. The Bertz CT molecular complexity index is 1280. The van der Waals surface area contributed by atoms with E-state index in [2.05, 4.69) is 34.5 Å². The highest BCUT2D eigenvalue weighted by molar-refractivity contribution is 6.30. The Labute approximate surface area is 218 Å². The quantitative estimate of drug-likeness (QED) is 0.504. The summed E-state index contributed by atoms with van der Waals surface area (Å²) in [6, 6.07) is 5.86. The van der Waals surface area contributed by atoms with Gasteiger partial charge in [0.2, 0.25) is 0 Å². The van der Waals surface area contributed by atoms with Crippen molar-refractivity contribution in [1.29, 1.82) is 0 Å². The fourth-order valence-corrected chi connectivity index (χ4v) is 5.98. The fraction of sp³-hybridized carbons (Fsp3) is 0.520. The van der Waals surface area contributed by atoms with Crippen molar-refractivity contribution in [3.05, 3.63) is 58.5 Å². The van der Waals surface area contributed by atoms with Crippen LogP contribution in [0, 0.1) is 6.92 Å². The summed E-state index contributed by atoms with van der Waals surface area (Å²) in [6.07, 6.45) is 1.08. The van der Waals surface area contributed by atoms with Gasteiger partial charge in [0.15, 0.2) is 5.82 Å². The Morgan fingerprint density at radius 1 is 1.03 bits per heavy atom. The average molecular weight is 533 g/mol. The second-order valence-corrected chi connectivity index (χ2v) is 10.6. The lowest BCUT2D eigenvalue weighted by atomic mass is 9.95. The van der Waals surface area contributed by atoms with Gasteiger partial charge in [-0.2, -0.15) is 13.2 Å². The number of likely N-dealkylation sites (tertiary alicyclic amines) is 1. The standard InChI is InChI=1S/C25H28ClF3N8/c1-16-23(31-7-6-30-16)35-8-4-17(5-9-35)24-33-32-22-14-36(20-12-34(13-20)15-25(27,28)29)11-18-10-19(26)2-3-21(18)37(22)24/h2-3,6-7,10,17,20H,4-5,8-9,11-15H2,1H3. The van der Waals surface area contributed by atoms with Gasteiger partial charge in [0.25, 0.3) is 0 Å². The van der Waals surface area contributed by atoms with Crippen molar-refractivity contribution in [3.63, 3.8) is 0 Å². The number of halogens is 4. The van der Waals surface area contributed by atoms with Crippen molar-refractivity contribution in [3.8, 4) is 5.69 Å². The third kappa shape index (κ3) is 4.92. The summed E-state index contributed by atoms with van der Waals surface area (Å²) < 4.78 is 40.6. The molecule has 2 aromatic heterocycles. The summed E-state index contributed by atoms with van der Waals surface area (Å²) in [4.78, 5) is 14.8. The van der Waals surface area contributed by atoms with Gasteiger partial charge in [-0.05, 0) is 43.5 Å². The second kappa shape index (κ2) is 9.52. The molecule has 1 aromatic carbocycles. The van der Waals surface area contributed by atoms with Crippen LogP contribution >= 0.6 is 11.6 Å². The Hall–Kier alpha value is -2.76. The molecule has 196 valence electrons. The third-order valence-electron chi connectivity index (χ3n) is 7.63. The molecule has 0 spiro atoms. The number of piperidine rings is 1. The minimum Gasteiger partial charge on any atom is -0.355 e. The van der Waals surface area contributed by atoms with Crippen molar-refractivity contribution >= 4 is 17.4 Å². The van der Waals surface area contributed by atoms with Crippen LogP contribution in [0.15, 0.2) is 30.6 Å². The first-order valence-corrected chi connectivity index (χ1v) is 12.9. The van der Waals surface area contributed by atoms with Crippen LogP contribution in [0.3, 0.4) is 0 Å². The predicted octanol–water partition coefficient (Wildman–Crippen LogP) is 3.97. The van der Waals surface area contributed by atoms with E-state index in [0.717, 1.165) is 60.3 Å². The van der Waals surface area contributed by atoms with Crippen LogP contribution in [0.25, 0.3) is 5.69 Å². The molecule has 0 unspecified atom stereocenters. The van der Waals surface area contributed by atoms with Crippen molar-refractivity contribution in [2.45, 2.75) is 51.0 Å². The van der Waals surface area contributed by atoms with Gasteiger partial charge in [-0.15, -0.1) is 10.2 Å². The molecule has 0 N–H and O–H groups in total. The fourth-order valence-electron chi connectivity index (χ4n) is 5.79. The highest BCUT2D eigenvalue weighted by Crippen LogP contribution is 2.36. The lowest BCUT2D eigenvalue weighted by molar-refractivity contribution is -0.161. The number of anilines is 1. The van der Waals surface area contributed by atoms with Crippen LogP contribution in [0.2, 0.25) is 5.02 Å². The number of fused-ring (bicyclic) bond motifs is 3. The summed E-state index contributed by atoms with van der Waals surface area (Å²) in [6.45, 7) is 4.71. The molecule has 2 fully saturated rings. The molecule has 37 heavy (non-hydrogen) atoms. The molecule has 0 bridgehead atoms. The average Bonchev–Trinajstić information content (AvgIpc) is 3.17. The monoisotopic (exact) mass is 532 g/mol. The minimum absolute atomic E-state index is 0.0272. The molecule has 0 radical (unpaired) electrons. The number of rotatable bonds is 4. The van der Waals surface area contributed by atoms with Crippen molar-refractivity contribution in [2.24, 2.45) is 0 Å². The van der Waals surface area contributed by atoms with Gasteiger partial charge in [0.05, 0.1) is 24.5 Å². The molecule has 8 nitrogen and oxygen atoms in total. The summed E-state index contributed by atoms with van der Waals surface area (Å²) in [5.74, 6) is 2.91. The summed E-state index contributed by atoms with van der Waals surface area (Å²) >= 11 is 6.37. The molecular weight excluding hydrogens is 505 g/mol. The summed E-state index contributed by atoms with van der Waals surface area (Å²) in [5, 5.41) is 9.87. The predicted molar refractivity (Wildman–Crippen MR) is 133 cm³/mol. The zero-order chi connectivity index (χ0) is 25.7. The van der Waals surface area contributed by atoms with Crippen molar-refractivity contribution in [1.82, 2.24) is 34.5 Å². The van der Waals surface area contributed by atoms with E-state index in [1.165, 1.54) is 4.90 Å². The first kappa shape index (κ1) is 24.6. The van der Waals surface area contributed by atoms with Gasteiger partial charge >= 0.3 is 6.18 Å². The Morgan fingerprint density at radius 3 is 2.51 bits per heavy atom. The van der Waals surface area contributed by atoms with E-state index >= 15 is 0 Å². The van der Waals surface area contributed by atoms with Gasteiger partial charge in [0.1, 0.15) is 11.6 Å². The van der Waals surface area contributed by atoms with E-state index in [4.69, 9.17) is 11.6 Å². The normalized spacial score (nSPS) is 19.9. The van der Waals surface area contributed by atoms with Gasteiger partial charge in [0, 0.05) is 62.1 Å². The van der Waals surface area contributed by atoms with Gasteiger partial charge in [-0.1, -0.05) is 11.6 Å². The lowest BCUT2D eigenvalue weighted by Crippen LogP contribution is -2.60. The molecule has 0 amide bonds. The first-order valence-electron chi connectivity index (χ1n) is 12.5. The van der Waals surface area contributed by atoms with E-state index in [1.54, 1.807) is 12.4 Å². The van der Waals surface area contributed by atoms with E-state index in [1.807, 2.05) is 25.1 Å². The van der Waals surface area contributed by atoms with Crippen LogP contribution < -0.4 is 4.90 Å². The summed E-state index contributed by atoms with van der Waals surface area (Å²) in [7, 11) is 0. The maximum Gasteiger partial charge on any atom is 0.401 e. The Kier molecular flexibility index (Phi) is 6.32. The van der Waals surface area contributed by atoms with Crippen LogP contribution in [0.5, 0.6) is 0 Å². The number of alkyl halides is 3. The lowest BCUT2D eigenvalue weighted by Gasteiger charge is -2.45. The van der Waals surface area contributed by atoms with Gasteiger partial charge < -0.3 is 4.90 Å². The number of hydrogen-bond acceptors (Lipinski definition) is 7. The molecule has 3 aliphatic rings. The number of aromatic nitrogens is 5. The maximum atomic E-state index is 12.8. The molecule has 5 heterocycles. The van der Waals surface area contributed by atoms with E-state index in [9.17, 15) is 13.2 Å². The SMILES string of the molecule is Cc1nccnc1N1CCC(c2nnc3n2-c2ccc(Cl)cc2CN(C2CN(CC(F)(F)F)C2)C3)CC1. The zero-order valence-corrected chi connectivity index (χ0v) is 21.3. The zero-order valence-electron chi connectivity index (χ0n) is 20.5. The molecule has 0 aliphatic carbocycles. The number of benzene rings is 1. The first-order chi connectivity index (χ1) is 17.7. The smallest absolute Gasteiger partial charge is 0.355 e. The van der Waals surface area contributed by atoms with Crippen LogP contribution in [0.1, 0.15) is 41.7 Å².